The predicted molar refractivity (Wildman–Crippen MR) is 88.1 cm³/mol. The quantitative estimate of drug-likeness (QED) is 0.454. The van der Waals surface area contributed by atoms with Crippen LogP contribution in [0.4, 0.5) is 0 Å². The number of benzene rings is 2. The summed E-state index contributed by atoms with van der Waals surface area (Å²) in [5.41, 5.74) is 0.314. The van der Waals surface area contributed by atoms with Gasteiger partial charge in [0.2, 0.25) is 0 Å². The van der Waals surface area contributed by atoms with Gasteiger partial charge in [0, 0.05) is 5.92 Å². The molecule has 0 saturated heterocycles. The summed E-state index contributed by atoms with van der Waals surface area (Å²) in [5, 5.41) is 57.8. The van der Waals surface area contributed by atoms with Crippen LogP contribution >= 0.6 is 0 Å². The van der Waals surface area contributed by atoms with E-state index in [1.54, 1.807) is 0 Å². The largest absolute Gasteiger partial charge is 0.504 e. The molecule has 2 unspecified atom stereocenters. The lowest BCUT2D eigenvalue weighted by molar-refractivity contribution is -0.144. The maximum absolute atomic E-state index is 11.8. The van der Waals surface area contributed by atoms with Crippen LogP contribution in [0.15, 0.2) is 35.9 Å². The van der Waals surface area contributed by atoms with Gasteiger partial charge >= 0.3 is 11.9 Å². The second kappa shape index (κ2) is 5.99. The fraction of sp³-hybridized carbons (Fsp3) is 0.111. The molecule has 6 N–H and O–H groups in total. The molecule has 0 spiro atoms. The molecule has 2 aromatic carbocycles. The summed E-state index contributed by atoms with van der Waals surface area (Å²) in [5.74, 6) is -7.32. The van der Waals surface area contributed by atoms with E-state index in [4.69, 9.17) is 0 Å². The lowest BCUT2D eigenvalue weighted by Crippen LogP contribution is -2.31. The highest BCUT2D eigenvalue weighted by Crippen LogP contribution is 2.47. The number of phenolic OH excluding ortho intramolecular Hbond substituents is 4. The standard InChI is InChI=1S/C18H14O8/c19-11-2-1-7(4-12(11)20)15-9-6-14(22)13(21)5-8(9)3-10(17(23)24)16(15)18(25)26/h1-6,15-16,19-22H,(H,23,24)(H,25,26). The van der Waals surface area contributed by atoms with E-state index in [2.05, 4.69) is 0 Å². The van der Waals surface area contributed by atoms with Crippen LogP contribution in [0.5, 0.6) is 23.0 Å². The van der Waals surface area contributed by atoms with Crippen LogP contribution in [0.1, 0.15) is 22.6 Å². The third-order valence-corrected chi connectivity index (χ3v) is 4.37. The first kappa shape index (κ1) is 17.2. The molecule has 26 heavy (non-hydrogen) atoms. The molecular weight excluding hydrogens is 344 g/mol. The SMILES string of the molecule is O=C(O)C1=Cc2cc(O)c(O)cc2C(c2ccc(O)c(O)c2)C1C(=O)O. The van der Waals surface area contributed by atoms with Crippen LogP contribution in [0.3, 0.4) is 0 Å². The van der Waals surface area contributed by atoms with Crippen molar-refractivity contribution in [1.29, 1.82) is 0 Å². The minimum Gasteiger partial charge on any atom is -0.504 e. The van der Waals surface area contributed by atoms with Gasteiger partial charge in [-0.1, -0.05) is 6.07 Å². The summed E-state index contributed by atoms with van der Waals surface area (Å²) in [6, 6.07) is 5.94. The molecule has 0 radical (unpaired) electrons. The minimum absolute atomic E-state index is 0.228. The fourth-order valence-corrected chi connectivity index (χ4v) is 3.20. The second-order valence-electron chi connectivity index (χ2n) is 5.92. The molecule has 8 nitrogen and oxygen atoms in total. The van der Waals surface area contributed by atoms with Gasteiger partial charge in [-0.25, -0.2) is 4.79 Å². The number of phenols is 4. The van der Waals surface area contributed by atoms with E-state index in [9.17, 15) is 40.2 Å². The zero-order valence-corrected chi connectivity index (χ0v) is 13.1. The van der Waals surface area contributed by atoms with Gasteiger partial charge in [0.05, 0.1) is 11.5 Å². The van der Waals surface area contributed by atoms with Gasteiger partial charge in [0.25, 0.3) is 0 Å². The highest BCUT2D eigenvalue weighted by atomic mass is 16.4. The van der Waals surface area contributed by atoms with Crippen molar-refractivity contribution in [3.05, 3.63) is 52.6 Å². The predicted octanol–water partition coefficient (Wildman–Crippen LogP) is 1.82. The van der Waals surface area contributed by atoms with Crippen LogP contribution in [0, 0.1) is 5.92 Å². The molecule has 3 rings (SSSR count). The number of aromatic hydroxyl groups is 4. The third kappa shape index (κ3) is 2.67. The number of aliphatic carboxylic acids is 2. The molecule has 2 atom stereocenters. The number of fused-ring (bicyclic) bond motifs is 1. The smallest absolute Gasteiger partial charge is 0.332 e. The lowest BCUT2D eigenvalue weighted by Gasteiger charge is -2.31. The summed E-state index contributed by atoms with van der Waals surface area (Å²) in [4.78, 5) is 23.4. The highest BCUT2D eigenvalue weighted by molar-refractivity contribution is 6.00. The molecule has 8 heteroatoms. The minimum atomic E-state index is -1.51. The number of rotatable bonds is 3. The Labute approximate surface area is 146 Å². The Morgan fingerprint density at radius 1 is 0.808 bits per heavy atom. The Bertz CT molecular complexity index is 960. The van der Waals surface area contributed by atoms with E-state index in [1.165, 1.54) is 6.07 Å². The van der Waals surface area contributed by atoms with Gasteiger partial charge < -0.3 is 30.6 Å². The third-order valence-electron chi connectivity index (χ3n) is 4.37. The molecule has 2 aromatic rings. The molecular formula is C18H14O8. The zero-order valence-electron chi connectivity index (χ0n) is 13.1. The first-order valence-electron chi connectivity index (χ1n) is 7.46. The van der Waals surface area contributed by atoms with Gasteiger partial charge in [-0.05, 0) is 47.0 Å². The Hall–Kier alpha value is -3.68. The Morgan fingerprint density at radius 3 is 2.00 bits per heavy atom. The van der Waals surface area contributed by atoms with E-state index >= 15 is 0 Å². The Morgan fingerprint density at radius 2 is 1.42 bits per heavy atom. The summed E-state index contributed by atoms with van der Waals surface area (Å²) >= 11 is 0. The number of carboxylic acid groups (broad SMARTS) is 2. The van der Waals surface area contributed by atoms with Crippen molar-refractivity contribution in [2.24, 2.45) is 5.92 Å². The van der Waals surface area contributed by atoms with Crippen molar-refractivity contribution in [3.8, 4) is 23.0 Å². The monoisotopic (exact) mass is 358 g/mol. The maximum atomic E-state index is 11.8. The molecule has 0 bridgehead atoms. The topological polar surface area (TPSA) is 156 Å². The van der Waals surface area contributed by atoms with Crippen LogP contribution in [0.25, 0.3) is 6.08 Å². The van der Waals surface area contributed by atoms with Crippen molar-refractivity contribution in [2.45, 2.75) is 5.92 Å². The summed E-state index contributed by atoms with van der Waals surface area (Å²) in [6.07, 6.45) is 1.13. The van der Waals surface area contributed by atoms with Crippen LogP contribution in [0.2, 0.25) is 0 Å². The molecule has 0 fully saturated rings. The number of carboxylic acids is 2. The first-order chi connectivity index (χ1) is 12.2. The van der Waals surface area contributed by atoms with Crippen LogP contribution < -0.4 is 0 Å². The van der Waals surface area contributed by atoms with Gasteiger partial charge in [0.15, 0.2) is 23.0 Å². The summed E-state index contributed by atoms with van der Waals surface area (Å²) < 4.78 is 0. The molecule has 1 aliphatic rings. The van der Waals surface area contributed by atoms with Crippen molar-refractivity contribution in [2.75, 3.05) is 0 Å². The van der Waals surface area contributed by atoms with Crippen LogP contribution in [-0.4, -0.2) is 42.6 Å². The Balaban J connectivity index is 2.33. The van der Waals surface area contributed by atoms with Gasteiger partial charge in [-0.2, -0.15) is 0 Å². The molecule has 134 valence electrons. The highest BCUT2D eigenvalue weighted by Gasteiger charge is 2.41. The number of carbonyl (C=O) groups is 2. The zero-order chi connectivity index (χ0) is 19.2. The summed E-state index contributed by atoms with van der Waals surface area (Å²) in [6.45, 7) is 0. The molecule has 0 aromatic heterocycles. The van der Waals surface area contributed by atoms with E-state index < -0.39 is 52.3 Å². The molecule has 1 aliphatic carbocycles. The fourth-order valence-electron chi connectivity index (χ4n) is 3.20. The van der Waals surface area contributed by atoms with Crippen molar-refractivity contribution >= 4 is 18.0 Å². The average molecular weight is 358 g/mol. The van der Waals surface area contributed by atoms with E-state index in [-0.39, 0.29) is 16.7 Å². The van der Waals surface area contributed by atoms with Crippen molar-refractivity contribution in [1.82, 2.24) is 0 Å². The van der Waals surface area contributed by atoms with E-state index in [0.717, 1.165) is 30.3 Å². The molecule has 0 amide bonds. The van der Waals surface area contributed by atoms with Crippen molar-refractivity contribution in [3.63, 3.8) is 0 Å². The van der Waals surface area contributed by atoms with Gasteiger partial charge in [0.1, 0.15) is 0 Å². The van der Waals surface area contributed by atoms with Crippen molar-refractivity contribution < 1.29 is 40.2 Å². The van der Waals surface area contributed by atoms with E-state index in [1.807, 2.05) is 0 Å². The Kier molecular flexibility index (Phi) is 3.96. The molecule has 0 heterocycles. The second-order valence-corrected chi connectivity index (χ2v) is 5.92. The molecule has 0 saturated carbocycles. The number of hydrogen-bond donors (Lipinski definition) is 6. The molecule has 0 aliphatic heterocycles. The lowest BCUT2D eigenvalue weighted by atomic mass is 9.71. The number of hydrogen-bond acceptors (Lipinski definition) is 6. The normalized spacial score (nSPS) is 18.7. The maximum Gasteiger partial charge on any atom is 0.332 e. The van der Waals surface area contributed by atoms with Crippen LogP contribution in [-0.2, 0) is 9.59 Å². The van der Waals surface area contributed by atoms with Gasteiger partial charge in [-0.3, -0.25) is 4.79 Å². The average Bonchev–Trinajstić information content (AvgIpc) is 2.56. The van der Waals surface area contributed by atoms with Gasteiger partial charge in [-0.15, -0.1) is 0 Å². The summed E-state index contributed by atoms with van der Waals surface area (Å²) in [7, 11) is 0. The first-order valence-corrected chi connectivity index (χ1v) is 7.46. The van der Waals surface area contributed by atoms with E-state index in [0.29, 0.717) is 0 Å².